The van der Waals surface area contributed by atoms with Gasteiger partial charge in [-0.3, -0.25) is 0 Å². The molecule has 0 bridgehead atoms. The molecule has 1 N–H and O–H groups in total. The number of hydrogen-bond acceptors (Lipinski definition) is 1. The Kier molecular flexibility index (Phi) is 5.32. The highest BCUT2D eigenvalue weighted by Gasteiger charge is 2.34. The van der Waals surface area contributed by atoms with Gasteiger partial charge in [0.25, 0.3) is 0 Å². The Labute approximate surface area is 115 Å². The van der Waals surface area contributed by atoms with Gasteiger partial charge in [-0.2, -0.15) is 13.2 Å². The fraction of sp³-hybridized carbons (Fsp3) is 0.500. The molecule has 6 heteroatoms. The Morgan fingerprint density at radius 3 is 2.50 bits per heavy atom. The molecule has 18 heavy (non-hydrogen) atoms. The van der Waals surface area contributed by atoms with E-state index in [-0.39, 0.29) is 23.5 Å². The summed E-state index contributed by atoms with van der Waals surface area (Å²) in [6, 6.07) is 4.05. The molecular weight excluding hydrogens is 286 g/mol. The highest BCUT2D eigenvalue weighted by atomic mass is 35.5. The van der Waals surface area contributed by atoms with Gasteiger partial charge in [-0.15, -0.1) is 12.4 Å². The molecule has 102 valence electrons. The Hall–Kier alpha value is -0.450. The van der Waals surface area contributed by atoms with Crippen molar-refractivity contribution in [2.24, 2.45) is 0 Å². The molecule has 0 aromatic heterocycles. The predicted molar refractivity (Wildman–Crippen MR) is 68.3 cm³/mol. The first-order chi connectivity index (χ1) is 8.00. The topological polar surface area (TPSA) is 12.0 Å². The molecule has 1 aromatic rings. The van der Waals surface area contributed by atoms with Crippen LogP contribution in [0.4, 0.5) is 13.2 Å². The van der Waals surface area contributed by atoms with E-state index < -0.39 is 11.7 Å². The maximum atomic E-state index is 12.7. The number of hydrogen-bond donors (Lipinski definition) is 1. The van der Waals surface area contributed by atoms with Crippen molar-refractivity contribution in [3.05, 3.63) is 34.3 Å². The monoisotopic (exact) mass is 299 g/mol. The maximum absolute atomic E-state index is 12.7. The summed E-state index contributed by atoms with van der Waals surface area (Å²) in [5, 5.41) is 3.04. The second-order valence-electron chi connectivity index (χ2n) is 4.21. The lowest BCUT2D eigenvalue weighted by molar-refractivity contribution is -0.137. The van der Waals surface area contributed by atoms with Gasteiger partial charge in [0, 0.05) is 6.04 Å². The predicted octanol–water partition coefficient (Wildman–Crippen LogP) is 4.60. The van der Waals surface area contributed by atoms with Crippen molar-refractivity contribution in [1.82, 2.24) is 5.32 Å². The highest BCUT2D eigenvalue weighted by Crippen LogP contribution is 2.39. The van der Waals surface area contributed by atoms with E-state index in [9.17, 15) is 13.2 Å². The lowest BCUT2D eigenvalue weighted by Crippen LogP contribution is -2.27. The van der Waals surface area contributed by atoms with Crippen LogP contribution in [0.25, 0.3) is 0 Å². The summed E-state index contributed by atoms with van der Waals surface area (Å²) in [7, 11) is 0. The van der Waals surface area contributed by atoms with E-state index in [0.29, 0.717) is 5.56 Å². The zero-order valence-corrected chi connectivity index (χ0v) is 11.1. The van der Waals surface area contributed by atoms with Crippen LogP contribution in [0.3, 0.4) is 0 Å². The van der Waals surface area contributed by atoms with Crippen molar-refractivity contribution in [2.45, 2.75) is 31.5 Å². The largest absolute Gasteiger partial charge is 0.417 e. The quantitative estimate of drug-likeness (QED) is 0.799. The molecule has 1 saturated heterocycles. The summed E-state index contributed by atoms with van der Waals surface area (Å²) in [6.07, 6.45) is -1.47. The average molecular weight is 300 g/mol. The van der Waals surface area contributed by atoms with Crippen molar-refractivity contribution >= 4 is 24.0 Å². The molecule has 0 saturated carbocycles. The maximum Gasteiger partial charge on any atom is 0.417 e. The smallest absolute Gasteiger partial charge is 0.310 e. The van der Waals surface area contributed by atoms with Crippen LogP contribution in [-0.4, -0.2) is 6.54 Å². The number of piperidine rings is 1. The van der Waals surface area contributed by atoms with Gasteiger partial charge in [-0.05, 0) is 31.0 Å². The first-order valence-electron chi connectivity index (χ1n) is 5.59. The van der Waals surface area contributed by atoms with Crippen molar-refractivity contribution in [3.63, 3.8) is 0 Å². The van der Waals surface area contributed by atoms with Crippen molar-refractivity contribution in [1.29, 1.82) is 0 Å². The number of nitrogens with one attached hydrogen (secondary N) is 1. The van der Waals surface area contributed by atoms with Gasteiger partial charge in [0.15, 0.2) is 0 Å². The minimum atomic E-state index is -4.39. The zero-order valence-electron chi connectivity index (χ0n) is 9.56. The fourth-order valence-corrected chi connectivity index (χ4v) is 2.52. The van der Waals surface area contributed by atoms with Gasteiger partial charge in [0.05, 0.1) is 10.6 Å². The Bertz CT molecular complexity index is 401. The molecule has 1 fully saturated rings. The molecule has 0 unspecified atom stereocenters. The van der Waals surface area contributed by atoms with E-state index in [2.05, 4.69) is 5.32 Å². The second-order valence-corrected chi connectivity index (χ2v) is 4.59. The van der Waals surface area contributed by atoms with E-state index in [1.54, 1.807) is 6.07 Å². The van der Waals surface area contributed by atoms with E-state index in [1.807, 2.05) is 0 Å². The molecule has 1 aliphatic rings. The van der Waals surface area contributed by atoms with Crippen LogP contribution in [0.2, 0.25) is 5.02 Å². The lowest BCUT2D eigenvalue weighted by Gasteiger charge is -2.25. The minimum absolute atomic E-state index is 0. The molecule has 1 heterocycles. The molecule has 0 radical (unpaired) electrons. The third-order valence-electron chi connectivity index (χ3n) is 3.02. The molecule has 1 atom stereocenters. The SMILES string of the molecule is Cl.FC(F)(F)c1cccc([C@@H]2CCCCN2)c1Cl. The van der Waals surface area contributed by atoms with Gasteiger partial charge in [0.2, 0.25) is 0 Å². The highest BCUT2D eigenvalue weighted by molar-refractivity contribution is 6.32. The van der Waals surface area contributed by atoms with E-state index >= 15 is 0 Å². The molecule has 0 amide bonds. The second kappa shape index (κ2) is 6.13. The number of alkyl halides is 3. The summed E-state index contributed by atoms with van der Waals surface area (Å²) >= 11 is 5.87. The zero-order chi connectivity index (χ0) is 12.5. The Morgan fingerprint density at radius 2 is 1.94 bits per heavy atom. The van der Waals surface area contributed by atoms with Crippen LogP contribution >= 0.6 is 24.0 Å². The normalized spacial score (nSPS) is 20.3. The molecule has 0 spiro atoms. The number of rotatable bonds is 1. The summed E-state index contributed by atoms with van der Waals surface area (Å²) in [4.78, 5) is 0. The number of halogens is 5. The summed E-state index contributed by atoms with van der Waals surface area (Å²) in [5.74, 6) is 0. The van der Waals surface area contributed by atoms with Gasteiger partial charge in [-0.1, -0.05) is 30.2 Å². The van der Waals surface area contributed by atoms with Crippen molar-refractivity contribution < 1.29 is 13.2 Å². The van der Waals surface area contributed by atoms with Crippen LogP contribution in [-0.2, 0) is 6.18 Å². The third kappa shape index (κ3) is 3.31. The first kappa shape index (κ1) is 15.6. The molecule has 1 aromatic carbocycles. The summed E-state index contributed by atoms with van der Waals surface area (Å²) < 4.78 is 38.1. The molecule has 2 rings (SSSR count). The number of benzene rings is 1. The molecule has 1 nitrogen and oxygen atoms in total. The van der Waals surface area contributed by atoms with E-state index in [1.165, 1.54) is 6.07 Å². The minimum Gasteiger partial charge on any atom is -0.310 e. The van der Waals surface area contributed by atoms with Gasteiger partial charge in [-0.25, -0.2) is 0 Å². The Morgan fingerprint density at radius 1 is 1.22 bits per heavy atom. The van der Waals surface area contributed by atoms with Crippen LogP contribution in [0, 0.1) is 0 Å². The average Bonchev–Trinajstić information content (AvgIpc) is 2.29. The van der Waals surface area contributed by atoms with Crippen LogP contribution < -0.4 is 5.32 Å². The Balaban J connectivity index is 0.00000162. The summed E-state index contributed by atoms with van der Waals surface area (Å²) in [5.41, 5.74) is -0.190. The van der Waals surface area contributed by atoms with Gasteiger partial charge in [0.1, 0.15) is 0 Å². The van der Waals surface area contributed by atoms with Crippen LogP contribution in [0.5, 0.6) is 0 Å². The summed E-state index contributed by atoms with van der Waals surface area (Å²) in [6.45, 7) is 0.831. The van der Waals surface area contributed by atoms with E-state index in [4.69, 9.17) is 11.6 Å². The van der Waals surface area contributed by atoms with Gasteiger partial charge < -0.3 is 5.32 Å². The molecule has 0 aliphatic carbocycles. The van der Waals surface area contributed by atoms with E-state index in [0.717, 1.165) is 31.9 Å². The molecule has 1 aliphatic heterocycles. The fourth-order valence-electron chi connectivity index (χ4n) is 2.16. The van der Waals surface area contributed by atoms with Crippen molar-refractivity contribution in [3.8, 4) is 0 Å². The third-order valence-corrected chi connectivity index (χ3v) is 3.44. The molecular formula is C12H14Cl2F3N. The van der Waals surface area contributed by atoms with Crippen LogP contribution in [0.1, 0.15) is 36.4 Å². The standard InChI is InChI=1S/C12H13ClF3N.ClH/c13-11-8(10-6-1-2-7-17-10)4-3-5-9(11)12(14,15)16;/h3-5,10,17H,1-2,6-7H2;1H/t10-;/m0./s1. The lowest BCUT2D eigenvalue weighted by atomic mass is 9.96. The van der Waals surface area contributed by atoms with Gasteiger partial charge >= 0.3 is 6.18 Å². The van der Waals surface area contributed by atoms with Crippen LogP contribution in [0.15, 0.2) is 18.2 Å². The van der Waals surface area contributed by atoms with Crippen molar-refractivity contribution in [2.75, 3.05) is 6.54 Å². The first-order valence-corrected chi connectivity index (χ1v) is 5.97.